The highest BCUT2D eigenvalue weighted by Crippen LogP contribution is 2.29. The van der Waals surface area contributed by atoms with Gasteiger partial charge in [-0.3, -0.25) is 4.68 Å². The van der Waals surface area contributed by atoms with Crippen LogP contribution < -0.4 is 0 Å². The summed E-state index contributed by atoms with van der Waals surface area (Å²) in [5.41, 5.74) is -0.987. The second kappa shape index (κ2) is 5.10. The van der Waals surface area contributed by atoms with E-state index < -0.39 is 5.52 Å². The van der Waals surface area contributed by atoms with Crippen LogP contribution >= 0.6 is 0 Å². The van der Waals surface area contributed by atoms with Crippen LogP contribution in [0.25, 0.3) is 0 Å². The van der Waals surface area contributed by atoms with Gasteiger partial charge in [-0.25, -0.2) is 0 Å². The van der Waals surface area contributed by atoms with Crippen molar-refractivity contribution in [1.29, 1.82) is 0 Å². The van der Waals surface area contributed by atoms with E-state index in [2.05, 4.69) is 23.8 Å². The smallest absolute Gasteiger partial charge is 0.131 e. The Balaban J connectivity index is 2.09. The maximum Gasteiger partial charge on any atom is 0.131 e. The first-order chi connectivity index (χ1) is 8.39. The van der Waals surface area contributed by atoms with Gasteiger partial charge in [0, 0.05) is 23.9 Å². The largest absolute Gasteiger partial charge is 0.388 e. The van der Waals surface area contributed by atoms with Crippen molar-refractivity contribution in [3.8, 4) is 0 Å². The van der Waals surface area contributed by atoms with Gasteiger partial charge in [0.15, 0.2) is 0 Å². The number of hydrogen-bond donors (Lipinski definition) is 1. The minimum Gasteiger partial charge on any atom is -0.388 e. The molecule has 1 aromatic rings. The summed E-state index contributed by atoms with van der Waals surface area (Å²) in [6.07, 6.45) is 3.72. The van der Waals surface area contributed by atoms with Gasteiger partial charge >= 0.3 is 0 Å². The molecule has 1 aromatic heterocycles. The number of piperidine rings is 1. The molecule has 18 heavy (non-hydrogen) atoms. The summed E-state index contributed by atoms with van der Waals surface area (Å²) in [5.74, 6) is 0.362. The zero-order valence-corrected chi connectivity index (χ0v) is 11.1. The highest BCUT2D eigenvalue weighted by molar-refractivity contribution is 6.36. The predicted octanol–water partition coefficient (Wildman–Crippen LogP) is 0.368. The summed E-state index contributed by atoms with van der Waals surface area (Å²) < 4.78 is 1.32. The third kappa shape index (κ3) is 2.81. The Morgan fingerprint density at radius 3 is 2.50 bits per heavy atom. The predicted molar refractivity (Wildman–Crippen MR) is 72.6 cm³/mol. The molecular formula is C12H19B2N3O. The van der Waals surface area contributed by atoms with E-state index in [-0.39, 0.29) is 0 Å². The highest BCUT2D eigenvalue weighted by Gasteiger charge is 2.27. The molecule has 0 saturated carbocycles. The first-order valence-corrected chi connectivity index (χ1v) is 6.48. The van der Waals surface area contributed by atoms with E-state index in [1.54, 1.807) is 6.20 Å². The number of nitrogens with zero attached hydrogens (tertiary/aromatic N) is 3. The van der Waals surface area contributed by atoms with Crippen molar-refractivity contribution in [2.45, 2.75) is 44.2 Å². The molecule has 0 unspecified atom stereocenters. The standard InChI is InChI=1S/C12H19B2N3O/c1-9(2)16-7-4-10(5-8-16)11-3-6-15-17(11)12(13,14)18/h3,6,9-10,18H,4-5,7-8H2,1-2H3. The Kier molecular flexibility index (Phi) is 3.87. The number of hydrogen-bond acceptors (Lipinski definition) is 3. The second-order valence-electron chi connectivity index (χ2n) is 5.35. The van der Waals surface area contributed by atoms with Gasteiger partial charge in [0.1, 0.15) is 15.7 Å². The molecule has 1 fully saturated rings. The zero-order chi connectivity index (χ0) is 13.3. The quantitative estimate of drug-likeness (QED) is 0.779. The van der Waals surface area contributed by atoms with Crippen molar-refractivity contribution >= 4 is 15.7 Å². The van der Waals surface area contributed by atoms with E-state index in [1.807, 2.05) is 6.07 Å². The SMILES string of the molecule is [B]C([B])(O)n1nccc1C1CCN(C(C)C)CC1. The Hall–Kier alpha value is -0.740. The summed E-state index contributed by atoms with van der Waals surface area (Å²) in [4.78, 5) is 2.45. The number of aliphatic hydroxyl groups is 1. The van der Waals surface area contributed by atoms with Gasteiger partial charge in [-0.1, -0.05) is 0 Å². The summed E-state index contributed by atoms with van der Waals surface area (Å²) in [6.45, 7) is 6.54. The number of aromatic nitrogens is 2. The molecule has 4 radical (unpaired) electrons. The molecule has 1 aliphatic heterocycles. The van der Waals surface area contributed by atoms with Gasteiger partial charge < -0.3 is 10.0 Å². The van der Waals surface area contributed by atoms with Gasteiger partial charge in [0.2, 0.25) is 0 Å². The zero-order valence-electron chi connectivity index (χ0n) is 11.1. The van der Waals surface area contributed by atoms with Gasteiger partial charge in [-0.2, -0.15) is 5.10 Å². The monoisotopic (exact) mass is 243 g/mol. The van der Waals surface area contributed by atoms with Crippen LogP contribution in [0.3, 0.4) is 0 Å². The van der Waals surface area contributed by atoms with E-state index in [0.29, 0.717) is 12.0 Å². The summed E-state index contributed by atoms with van der Waals surface area (Å²) in [5, 5.41) is 13.7. The van der Waals surface area contributed by atoms with E-state index in [4.69, 9.17) is 15.7 Å². The van der Waals surface area contributed by atoms with Crippen LogP contribution in [0.4, 0.5) is 0 Å². The molecule has 1 N–H and O–H groups in total. The Labute approximate surface area is 111 Å². The lowest BCUT2D eigenvalue weighted by molar-refractivity contribution is 0.115. The fourth-order valence-electron chi connectivity index (χ4n) is 2.63. The molecule has 0 spiro atoms. The first kappa shape index (κ1) is 13.7. The lowest BCUT2D eigenvalue weighted by atomic mass is 9.73. The summed E-state index contributed by atoms with van der Waals surface area (Å²) in [7, 11) is 11.0. The van der Waals surface area contributed by atoms with Crippen LogP contribution in [0.5, 0.6) is 0 Å². The van der Waals surface area contributed by atoms with Crippen LogP contribution in [0.15, 0.2) is 12.3 Å². The van der Waals surface area contributed by atoms with Gasteiger partial charge in [-0.15, -0.1) is 0 Å². The third-order valence-electron chi connectivity index (χ3n) is 3.69. The van der Waals surface area contributed by atoms with Crippen LogP contribution in [-0.4, -0.2) is 54.6 Å². The lowest BCUT2D eigenvalue weighted by Crippen LogP contribution is -2.40. The molecule has 0 atom stereocenters. The molecule has 0 aliphatic carbocycles. The Morgan fingerprint density at radius 2 is 2.00 bits per heavy atom. The topological polar surface area (TPSA) is 41.3 Å². The minimum absolute atomic E-state index is 0.362. The molecule has 0 amide bonds. The molecule has 4 nitrogen and oxygen atoms in total. The normalized spacial score (nSPS) is 19.6. The fourth-order valence-corrected chi connectivity index (χ4v) is 2.63. The van der Waals surface area contributed by atoms with Crippen LogP contribution in [0.2, 0.25) is 0 Å². The maximum atomic E-state index is 9.68. The van der Waals surface area contributed by atoms with Crippen molar-refractivity contribution in [3.63, 3.8) is 0 Å². The lowest BCUT2D eigenvalue weighted by Gasteiger charge is -2.35. The van der Waals surface area contributed by atoms with Gasteiger partial charge in [0.05, 0.1) is 5.52 Å². The highest BCUT2D eigenvalue weighted by atomic mass is 16.3. The third-order valence-corrected chi connectivity index (χ3v) is 3.69. The second-order valence-corrected chi connectivity index (χ2v) is 5.35. The molecule has 1 saturated heterocycles. The van der Waals surface area contributed by atoms with E-state index in [0.717, 1.165) is 31.6 Å². The number of rotatable bonds is 3. The fraction of sp³-hybridized carbons (Fsp3) is 0.750. The summed E-state index contributed by atoms with van der Waals surface area (Å²) in [6, 6.07) is 2.47. The number of likely N-dealkylation sites (tertiary alicyclic amines) is 1. The van der Waals surface area contributed by atoms with Crippen LogP contribution in [0, 0.1) is 0 Å². The van der Waals surface area contributed by atoms with E-state index in [9.17, 15) is 5.11 Å². The average molecular weight is 243 g/mol. The van der Waals surface area contributed by atoms with Crippen LogP contribution in [-0.2, 0) is 5.52 Å². The molecule has 1 aliphatic rings. The maximum absolute atomic E-state index is 9.68. The molecule has 0 aromatic carbocycles. The van der Waals surface area contributed by atoms with Crippen molar-refractivity contribution < 1.29 is 5.11 Å². The van der Waals surface area contributed by atoms with Gasteiger partial charge in [-0.05, 0) is 45.8 Å². The van der Waals surface area contributed by atoms with Crippen molar-refractivity contribution in [2.24, 2.45) is 0 Å². The first-order valence-electron chi connectivity index (χ1n) is 6.48. The molecule has 0 bridgehead atoms. The Morgan fingerprint density at radius 1 is 1.39 bits per heavy atom. The molecule has 2 heterocycles. The van der Waals surface area contributed by atoms with Crippen molar-refractivity contribution in [1.82, 2.24) is 14.7 Å². The summed E-state index contributed by atoms with van der Waals surface area (Å²) >= 11 is 0. The Bertz CT molecular complexity index is 392. The van der Waals surface area contributed by atoms with Crippen molar-refractivity contribution in [3.05, 3.63) is 18.0 Å². The van der Waals surface area contributed by atoms with Crippen molar-refractivity contribution in [2.75, 3.05) is 13.1 Å². The minimum atomic E-state index is -1.91. The van der Waals surface area contributed by atoms with E-state index in [1.165, 1.54) is 4.68 Å². The van der Waals surface area contributed by atoms with Crippen LogP contribution in [0.1, 0.15) is 38.3 Å². The average Bonchev–Trinajstić information content (AvgIpc) is 2.77. The van der Waals surface area contributed by atoms with Gasteiger partial charge in [0.25, 0.3) is 0 Å². The molecular weight excluding hydrogens is 224 g/mol. The molecule has 94 valence electrons. The molecule has 6 heteroatoms. The molecule has 2 rings (SSSR count). The van der Waals surface area contributed by atoms with E-state index >= 15 is 0 Å².